The number of benzene rings is 3. The monoisotopic (exact) mass is 311 g/mol. The predicted octanol–water partition coefficient (Wildman–Crippen LogP) is 4.89. The van der Waals surface area contributed by atoms with Crippen LogP contribution in [0.25, 0.3) is 22.4 Å². The fourth-order valence-corrected chi connectivity index (χ4v) is 2.53. The number of nitriles is 1. The van der Waals surface area contributed by atoms with Gasteiger partial charge in [0.2, 0.25) is 0 Å². The van der Waals surface area contributed by atoms with Crippen molar-refractivity contribution in [1.29, 1.82) is 5.26 Å². The Morgan fingerprint density at radius 2 is 1.71 bits per heavy atom. The molecular weight excluding hydrogens is 298 g/mol. The number of hydrogen-bond donors (Lipinski definition) is 1. The number of nitrogens with one attached hydrogen (secondary N) is 1. The molecule has 0 fully saturated rings. The van der Waals surface area contributed by atoms with Gasteiger partial charge in [0, 0.05) is 5.56 Å². The summed E-state index contributed by atoms with van der Waals surface area (Å²) in [6.07, 6.45) is 0. The van der Waals surface area contributed by atoms with Crippen LogP contribution in [0.1, 0.15) is 5.56 Å². The quantitative estimate of drug-likeness (QED) is 0.585. The number of aromatic amines is 1. The van der Waals surface area contributed by atoms with Gasteiger partial charge in [0.1, 0.15) is 17.3 Å². The number of H-pyrrole nitrogens is 1. The third kappa shape index (κ3) is 2.71. The zero-order valence-corrected chi connectivity index (χ0v) is 12.7. The van der Waals surface area contributed by atoms with Crippen molar-refractivity contribution in [2.45, 2.75) is 0 Å². The number of rotatable bonds is 3. The Kier molecular flexibility index (Phi) is 3.45. The van der Waals surface area contributed by atoms with Crippen LogP contribution < -0.4 is 4.74 Å². The Hall–Kier alpha value is -3.58. The van der Waals surface area contributed by atoms with Crippen molar-refractivity contribution < 1.29 is 4.74 Å². The van der Waals surface area contributed by atoms with Crippen molar-refractivity contribution in [3.05, 3.63) is 78.4 Å². The maximum atomic E-state index is 8.84. The van der Waals surface area contributed by atoms with Crippen molar-refractivity contribution in [3.63, 3.8) is 0 Å². The Balaban J connectivity index is 1.64. The lowest BCUT2D eigenvalue weighted by Crippen LogP contribution is -1.86. The third-order valence-corrected chi connectivity index (χ3v) is 3.72. The molecule has 0 aliphatic rings. The highest BCUT2D eigenvalue weighted by molar-refractivity contribution is 5.79. The van der Waals surface area contributed by atoms with E-state index in [1.807, 2.05) is 48.5 Å². The van der Waals surface area contributed by atoms with Gasteiger partial charge >= 0.3 is 0 Å². The van der Waals surface area contributed by atoms with E-state index in [0.717, 1.165) is 28.2 Å². The molecule has 0 bridgehead atoms. The van der Waals surface area contributed by atoms with Crippen molar-refractivity contribution in [2.24, 2.45) is 0 Å². The van der Waals surface area contributed by atoms with Crippen LogP contribution in [0.15, 0.2) is 72.8 Å². The summed E-state index contributed by atoms with van der Waals surface area (Å²) in [7, 11) is 0. The molecule has 0 aliphatic carbocycles. The fraction of sp³-hybridized carbons (Fsp3) is 0. The lowest BCUT2D eigenvalue weighted by atomic mass is 10.2. The lowest BCUT2D eigenvalue weighted by molar-refractivity contribution is 0.483. The fourth-order valence-electron chi connectivity index (χ4n) is 2.53. The van der Waals surface area contributed by atoms with Crippen LogP contribution in [0.5, 0.6) is 11.5 Å². The minimum Gasteiger partial charge on any atom is -0.457 e. The Labute approximate surface area is 139 Å². The molecule has 4 aromatic rings. The topological polar surface area (TPSA) is 61.7 Å². The zero-order chi connectivity index (χ0) is 16.4. The van der Waals surface area contributed by atoms with E-state index in [0.29, 0.717) is 11.3 Å². The second-order valence-corrected chi connectivity index (χ2v) is 5.37. The molecule has 3 aromatic carbocycles. The normalized spacial score (nSPS) is 10.5. The van der Waals surface area contributed by atoms with Gasteiger partial charge in [-0.25, -0.2) is 4.98 Å². The highest BCUT2D eigenvalue weighted by Gasteiger charge is 2.06. The summed E-state index contributed by atoms with van der Waals surface area (Å²) < 4.78 is 5.86. The summed E-state index contributed by atoms with van der Waals surface area (Å²) in [4.78, 5) is 7.92. The lowest BCUT2D eigenvalue weighted by Gasteiger charge is -2.06. The van der Waals surface area contributed by atoms with Gasteiger partial charge in [0.15, 0.2) is 0 Å². The van der Waals surface area contributed by atoms with Gasteiger partial charge in [-0.2, -0.15) is 5.26 Å². The van der Waals surface area contributed by atoms with Gasteiger partial charge in [-0.05, 0) is 48.5 Å². The summed E-state index contributed by atoms with van der Waals surface area (Å²) in [6.45, 7) is 0. The number of ether oxygens (including phenoxy) is 1. The maximum absolute atomic E-state index is 8.84. The number of nitrogens with zero attached hydrogens (tertiary/aromatic N) is 2. The number of hydrogen-bond acceptors (Lipinski definition) is 3. The molecule has 1 heterocycles. The zero-order valence-electron chi connectivity index (χ0n) is 12.7. The minimum absolute atomic E-state index is 0.610. The molecule has 0 unspecified atom stereocenters. The molecular formula is C20H13N3O. The molecule has 0 aliphatic heterocycles. The van der Waals surface area contributed by atoms with Gasteiger partial charge in [0.25, 0.3) is 0 Å². The molecule has 0 saturated heterocycles. The molecule has 24 heavy (non-hydrogen) atoms. The van der Waals surface area contributed by atoms with E-state index < -0.39 is 0 Å². The first kappa shape index (κ1) is 14.0. The summed E-state index contributed by atoms with van der Waals surface area (Å²) in [5.41, 5.74) is 3.51. The van der Waals surface area contributed by atoms with E-state index in [2.05, 4.69) is 16.0 Å². The largest absolute Gasteiger partial charge is 0.457 e. The van der Waals surface area contributed by atoms with Crippen molar-refractivity contribution in [2.75, 3.05) is 0 Å². The molecule has 0 atom stereocenters. The smallest absolute Gasteiger partial charge is 0.138 e. The molecule has 0 radical (unpaired) electrons. The van der Waals surface area contributed by atoms with Gasteiger partial charge in [-0.1, -0.05) is 24.3 Å². The first-order valence-corrected chi connectivity index (χ1v) is 7.55. The first-order valence-electron chi connectivity index (χ1n) is 7.55. The summed E-state index contributed by atoms with van der Waals surface area (Å²) in [6, 6.07) is 24.8. The minimum atomic E-state index is 0.610. The molecule has 4 nitrogen and oxygen atoms in total. The Morgan fingerprint density at radius 1 is 0.875 bits per heavy atom. The highest BCUT2D eigenvalue weighted by atomic mass is 16.5. The maximum Gasteiger partial charge on any atom is 0.138 e. The summed E-state index contributed by atoms with van der Waals surface area (Å²) in [5, 5.41) is 8.84. The molecule has 1 N–H and O–H groups in total. The van der Waals surface area contributed by atoms with Crippen molar-refractivity contribution in [1.82, 2.24) is 9.97 Å². The Morgan fingerprint density at radius 3 is 2.50 bits per heavy atom. The third-order valence-electron chi connectivity index (χ3n) is 3.72. The molecule has 4 heteroatoms. The van der Waals surface area contributed by atoms with E-state index in [9.17, 15) is 0 Å². The van der Waals surface area contributed by atoms with E-state index in [1.165, 1.54) is 0 Å². The average molecular weight is 311 g/mol. The number of imidazole rings is 1. The number of para-hydroxylation sites is 2. The average Bonchev–Trinajstić information content (AvgIpc) is 3.07. The van der Waals surface area contributed by atoms with E-state index in [-0.39, 0.29) is 0 Å². The molecule has 114 valence electrons. The van der Waals surface area contributed by atoms with Crippen LogP contribution in [-0.2, 0) is 0 Å². The molecule has 0 spiro atoms. The molecule has 0 amide bonds. The second-order valence-electron chi connectivity index (χ2n) is 5.37. The summed E-state index contributed by atoms with van der Waals surface area (Å²) >= 11 is 0. The van der Waals surface area contributed by atoms with Crippen molar-refractivity contribution in [3.8, 4) is 29.0 Å². The number of aromatic nitrogens is 2. The van der Waals surface area contributed by atoms with Crippen LogP contribution in [0.2, 0.25) is 0 Å². The molecule has 4 rings (SSSR count). The Bertz CT molecular complexity index is 1010. The van der Waals surface area contributed by atoms with Crippen LogP contribution in [0.3, 0.4) is 0 Å². The molecule has 0 saturated carbocycles. The standard InChI is InChI=1S/C20H13N3O/c21-13-14-8-10-16(11-9-14)24-17-5-3-4-15(12-17)20-22-18-6-1-2-7-19(18)23-20/h1-12H,(H,22,23). The van der Waals surface area contributed by atoms with E-state index in [4.69, 9.17) is 10.00 Å². The first-order chi connectivity index (χ1) is 11.8. The SMILES string of the molecule is N#Cc1ccc(Oc2cccc(-c3nc4ccccc4[nH]3)c2)cc1. The van der Waals surface area contributed by atoms with Crippen LogP contribution in [-0.4, -0.2) is 9.97 Å². The second kappa shape index (κ2) is 5.90. The van der Waals surface area contributed by atoms with Crippen LogP contribution in [0, 0.1) is 11.3 Å². The van der Waals surface area contributed by atoms with E-state index >= 15 is 0 Å². The van der Waals surface area contributed by atoms with Crippen LogP contribution in [0.4, 0.5) is 0 Å². The molecule has 1 aromatic heterocycles. The predicted molar refractivity (Wildman–Crippen MR) is 92.8 cm³/mol. The van der Waals surface area contributed by atoms with E-state index in [1.54, 1.807) is 24.3 Å². The highest BCUT2D eigenvalue weighted by Crippen LogP contribution is 2.27. The van der Waals surface area contributed by atoms with Gasteiger partial charge < -0.3 is 9.72 Å². The van der Waals surface area contributed by atoms with Crippen LogP contribution >= 0.6 is 0 Å². The number of fused-ring (bicyclic) bond motifs is 1. The van der Waals surface area contributed by atoms with Gasteiger partial charge in [-0.3, -0.25) is 0 Å². The summed E-state index contributed by atoms with van der Waals surface area (Å²) in [5.74, 6) is 2.22. The van der Waals surface area contributed by atoms with Gasteiger partial charge in [-0.15, -0.1) is 0 Å². The van der Waals surface area contributed by atoms with Gasteiger partial charge in [0.05, 0.1) is 22.7 Å². The van der Waals surface area contributed by atoms with Crippen molar-refractivity contribution >= 4 is 11.0 Å².